The Kier molecular flexibility index (Phi) is 4.06. The van der Waals surface area contributed by atoms with Crippen molar-refractivity contribution in [3.8, 4) is 0 Å². The van der Waals surface area contributed by atoms with Crippen molar-refractivity contribution in [3.05, 3.63) is 0 Å². The number of halogens is 2. The molecule has 0 aliphatic rings. The number of rotatable bonds is 2. The van der Waals surface area contributed by atoms with E-state index in [1.54, 1.807) is 7.05 Å². The third-order valence-electron chi connectivity index (χ3n) is 0.393. The van der Waals surface area contributed by atoms with E-state index in [1.165, 1.54) is 4.42 Å². The van der Waals surface area contributed by atoms with E-state index in [-0.39, 0.29) is 0 Å². The van der Waals surface area contributed by atoms with Gasteiger partial charge in [0.05, 0.1) is 0 Å². The van der Waals surface area contributed by atoms with Crippen molar-refractivity contribution in [2.75, 3.05) is 19.5 Å². The highest BCUT2D eigenvalue weighted by molar-refractivity contribution is 6.19. The topological polar surface area (TPSA) is 3.24 Å². The van der Waals surface area contributed by atoms with Gasteiger partial charge >= 0.3 is 0 Å². The molecule has 0 spiro atoms. The lowest BCUT2D eigenvalue weighted by molar-refractivity contribution is 0.587. The lowest BCUT2D eigenvalue weighted by atomic mass is 10.8. The highest BCUT2D eigenvalue weighted by Gasteiger charge is 1.84. The molecule has 0 aromatic rings. The zero-order valence-electron chi connectivity index (χ0n) is 3.62. The molecule has 0 bridgehead atoms. The van der Waals surface area contributed by atoms with Gasteiger partial charge in [-0.1, -0.05) is 0 Å². The third kappa shape index (κ3) is 4.54. The van der Waals surface area contributed by atoms with Gasteiger partial charge in [-0.3, -0.25) is 0 Å². The van der Waals surface area contributed by atoms with E-state index < -0.39 is 0 Å². The Hall–Kier alpha value is 0.540. The lowest BCUT2D eigenvalue weighted by Crippen LogP contribution is -2.06. The number of nitrogens with zero attached hydrogens (tertiary/aromatic N) is 1. The van der Waals surface area contributed by atoms with Crippen LogP contribution >= 0.6 is 23.4 Å². The molecule has 0 aromatic heterocycles. The zero-order chi connectivity index (χ0) is 4.99. The maximum atomic E-state index is 5.33. The Morgan fingerprint density at radius 1 is 1.67 bits per heavy atom. The summed E-state index contributed by atoms with van der Waals surface area (Å²) < 4.78 is 1.52. The third-order valence-corrected chi connectivity index (χ3v) is 0.731. The van der Waals surface area contributed by atoms with Crippen LogP contribution in [-0.2, 0) is 0 Å². The van der Waals surface area contributed by atoms with Crippen LogP contribution in [0.5, 0.6) is 0 Å². The molecule has 0 unspecified atom stereocenters. The second kappa shape index (κ2) is 3.72. The van der Waals surface area contributed by atoms with Gasteiger partial charge in [0.25, 0.3) is 0 Å². The number of hydrogen-bond acceptors (Lipinski definition) is 1. The summed E-state index contributed by atoms with van der Waals surface area (Å²) in [6, 6.07) is 0. The smallest absolute Gasteiger partial charge is 0.0364 e. The van der Waals surface area contributed by atoms with Crippen molar-refractivity contribution in [3.63, 3.8) is 0 Å². The molecule has 0 saturated heterocycles. The van der Waals surface area contributed by atoms with E-state index in [4.69, 9.17) is 23.4 Å². The second-order valence-electron chi connectivity index (χ2n) is 1.02. The van der Waals surface area contributed by atoms with Gasteiger partial charge in [0.2, 0.25) is 0 Å². The van der Waals surface area contributed by atoms with Crippen LogP contribution in [0.2, 0.25) is 0 Å². The molecular weight excluding hydrogens is 121 g/mol. The fourth-order valence-corrected chi connectivity index (χ4v) is 0.541. The van der Waals surface area contributed by atoms with Gasteiger partial charge in [-0.05, 0) is 11.8 Å². The standard InChI is InChI=1S/C3H7Cl2N/c1-6(5)3-2-4/h2-3H2,1H3. The van der Waals surface area contributed by atoms with Crippen LogP contribution in [0.1, 0.15) is 0 Å². The summed E-state index contributed by atoms with van der Waals surface area (Å²) in [6.45, 7) is 0.739. The highest BCUT2D eigenvalue weighted by Crippen LogP contribution is 1.85. The Labute approximate surface area is 47.9 Å². The number of alkyl halides is 1. The van der Waals surface area contributed by atoms with Crippen LogP contribution in [-0.4, -0.2) is 23.9 Å². The molecule has 1 nitrogen and oxygen atoms in total. The monoisotopic (exact) mass is 127 g/mol. The van der Waals surface area contributed by atoms with Crippen LogP contribution in [0.3, 0.4) is 0 Å². The average Bonchev–Trinajstić information content (AvgIpc) is 1.35. The summed E-state index contributed by atoms with van der Waals surface area (Å²) in [4.78, 5) is 0. The molecule has 0 fully saturated rings. The van der Waals surface area contributed by atoms with Crippen LogP contribution in [0.25, 0.3) is 0 Å². The first-order valence-electron chi connectivity index (χ1n) is 1.70. The first kappa shape index (κ1) is 6.54. The van der Waals surface area contributed by atoms with E-state index in [9.17, 15) is 0 Å². The minimum Gasteiger partial charge on any atom is -0.222 e. The molecule has 0 radical (unpaired) electrons. The molecule has 0 heterocycles. The fraction of sp³-hybridized carbons (Fsp3) is 1.00. The predicted molar refractivity (Wildman–Crippen MR) is 29.2 cm³/mol. The largest absolute Gasteiger partial charge is 0.222 e. The molecule has 0 aromatic carbocycles. The van der Waals surface area contributed by atoms with Crippen LogP contribution in [0.15, 0.2) is 0 Å². The summed E-state index contributed by atoms with van der Waals surface area (Å²) in [5, 5.41) is 0. The molecule has 38 valence electrons. The van der Waals surface area contributed by atoms with Crippen molar-refractivity contribution in [1.29, 1.82) is 0 Å². The van der Waals surface area contributed by atoms with E-state index in [0.717, 1.165) is 6.54 Å². The normalized spacial score (nSPS) is 10.0. The molecular formula is C3H7Cl2N. The number of hydrogen-bond donors (Lipinski definition) is 0. The molecule has 0 amide bonds. The predicted octanol–water partition coefficient (Wildman–Crippen LogP) is 1.31. The Bertz CT molecular complexity index is 30.0. The molecule has 0 rings (SSSR count). The maximum absolute atomic E-state index is 5.33. The molecule has 0 saturated carbocycles. The van der Waals surface area contributed by atoms with Crippen LogP contribution < -0.4 is 0 Å². The van der Waals surface area contributed by atoms with Crippen LogP contribution in [0, 0.1) is 0 Å². The van der Waals surface area contributed by atoms with E-state index in [0.29, 0.717) is 5.88 Å². The first-order chi connectivity index (χ1) is 2.77. The SMILES string of the molecule is CN(Cl)CCCl. The van der Waals surface area contributed by atoms with Gasteiger partial charge in [-0.2, -0.15) is 0 Å². The Balaban J connectivity index is 2.63. The summed E-state index contributed by atoms with van der Waals surface area (Å²) in [6.07, 6.45) is 0. The molecule has 6 heavy (non-hydrogen) atoms. The fourth-order valence-electron chi connectivity index (χ4n) is 0.116. The van der Waals surface area contributed by atoms with E-state index in [2.05, 4.69) is 0 Å². The Morgan fingerprint density at radius 2 is 2.17 bits per heavy atom. The van der Waals surface area contributed by atoms with Gasteiger partial charge in [0.15, 0.2) is 0 Å². The van der Waals surface area contributed by atoms with Crippen molar-refractivity contribution in [2.45, 2.75) is 0 Å². The second-order valence-corrected chi connectivity index (χ2v) is 1.97. The van der Waals surface area contributed by atoms with Crippen molar-refractivity contribution in [1.82, 2.24) is 4.42 Å². The van der Waals surface area contributed by atoms with Gasteiger partial charge < -0.3 is 0 Å². The maximum Gasteiger partial charge on any atom is 0.0364 e. The van der Waals surface area contributed by atoms with Gasteiger partial charge in [0.1, 0.15) is 0 Å². The zero-order valence-corrected chi connectivity index (χ0v) is 5.13. The molecule has 0 N–H and O–H groups in total. The summed E-state index contributed by atoms with van der Waals surface area (Å²) in [5.74, 6) is 0.597. The molecule has 3 heteroatoms. The molecule has 0 atom stereocenters. The summed E-state index contributed by atoms with van der Waals surface area (Å²) >= 11 is 10.6. The van der Waals surface area contributed by atoms with E-state index >= 15 is 0 Å². The Morgan fingerprint density at radius 3 is 2.17 bits per heavy atom. The minimum atomic E-state index is 0.597. The van der Waals surface area contributed by atoms with Gasteiger partial charge in [-0.15, -0.1) is 11.6 Å². The molecule has 0 aliphatic heterocycles. The van der Waals surface area contributed by atoms with Crippen molar-refractivity contribution >= 4 is 23.4 Å². The van der Waals surface area contributed by atoms with Gasteiger partial charge in [0, 0.05) is 19.5 Å². The van der Waals surface area contributed by atoms with Crippen molar-refractivity contribution in [2.24, 2.45) is 0 Å². The van der Waals surface area contributed by atoms with Crippen LogP contribution in [0.4, 0.5) is 0 Å². The lowest BCUT2D eigenvalue weighted by Gasteiger charge is -1.98. The molecule has 0 aliphatic carbocycles. The quantitative estimate of drug-likeness (QED) is 0.400. The van der Waals surface area contributed by atoms with Gasteiger partial charge in [-0.25, -0.2) is 4.42 Å². The highest BCUT2D eigenvalue weighted by atomic mass is 35.5. The van der Waals surface area contributed by atoms with Crippen molar-refractivity contribution < 1.29 is 0 Å². The first-order valence-corrected chi connectivity index (χ1v) is 2.57. The minimum absolute atomic E-state index is 0.597. The average molecular weight is 128 g/mol. The summed E-state index contributed by atoms with van der Waals surface area (Å²) in [5.41, 5.74) is 0. The summed E-state index contributed by atoms with van der Waals surface area (Å²) in [7, 11) is 1.77. The van der Waals surface area contributed by atoms with E-state index in [1.807, 2.05) is 0 Å².